The van der Waals surface area contributed by atoms with Crippen LogP contribution in [0.2, 0.25) is 0 Å². The SMILES string of the molecule is O=C(CC(Br)C(=O)c1ccc2ccccc2c1)OC(=O)[C@@H]1CCCN1. The van der Waals surface area contributed by atoms with Crippen molar-refractivity contribution in [1.29, 1.82) is 0 Å². The molecule has 2 aromatic carbocycles. The number of ether oxygens (including phenoxy) is 1. The highest BCUT2D eigenvalue weighted by Crippen LogP contribution is 2.20. The second-order valence-electron chi connectivity index (χ2n) is 6.04. The number of fused-ring (bicyclic) bond motifs is 1. The lowest BCUT2D eigenvalue weighted by atomic mass is 10.0. The van der Waals surface area contributed by atoms with Gasteiger partial charge in [-0.1, -0.05) is 52.3 Å². The summed E-state index contributed by atoms with van der Waals surface area (Å²) in [5.74, 6) is -1.48. The van der Waals surface area contributed by atoms with Crippen LogP contribution in [0, 0.1) is 0 Å². The number of halogens is 1. The molecular weight excluding hydrogens is 386 g/mol. The van der Waals surface area contributed by atoms with Gasteiger partial charge in [0, 0.05) is 5.56 Å². The first-order valence-electron chi connectivity index (χ1n) is 8.19. The second kappa shape index (κ2) is 7.89. The summed E-state index contributed by atoms with van der Waals surface area (Å²) in [5.41, 5.74) is 0.511. The van der Waals surface area contributed by atoms with Gasteiger partial charge in [0.15, 0.2) is 5.78 Å². The molecule has 1 unspecified atom stereocenters. The number of carbonyl (C=O) groups is 3. The predicted molar refractivity (Wildman–Crippen MR) is 97.7 cm³/mol. The number of nitrogens with one attached hydrogen (secondary N) is 1. The van der Waals surface area contributed by atoms with Crippen molar-refractivity contribution in [3.8, 4) is 0 Å². The van der Waals surface area contributed by atoms with E-state index in [1.165, 1.54) is 0 Å². The highest BCUT2D eigenvalue weighted by molar-refractivity contribution is 9.10. The number of carbonyl (C=O) groups excluding carboxylic acids is 3. The average Bonchev–Trinajstić information content (AvgIpc) is 3.15. The number of hydrogen-bond donors (Lipinski definition) is 1. The van der Waals surface area contributed by atoms with Crippen LogP contribution in [0.4, 0.5) is 0 Å². The Balaban J connectivity index is 1.61. The van der Waals surface area contributed by atoms with Gasteiger partial charge < -0.3 is 10.1 Å². The molecule has 1 aliphatic rings. The lowest BCUT2D eigenvalue weighted by Crippen LogP contribution is -2.34. The molecule has 0 aliphatic carbocycles. The number of esters is 2. The largest absolute Gasteiger partial charge is 0.392 e. The molecule has 130 valence electrons. The van der Waals surface area contributed by atoms with Gasteiger partial charge >= 0.3 is 11.9 Å². The van der Waals surface area contributed by atoms with Crippen LogP contribution < -0.4 is 5.32 Å². The molecule has 1 aliphatic heterocycles. The maximum atomic E-state index is 12.5. The van der Waals surface area contributed by atoms with E-state index in [4.69, 9.17) is 4.74 Å². The lowest BCUT2D eigenvalue weighted by Gasteiger charge is -2.11. The topological polar surface area (TPSA) is 72.5 Å². The van der Waals surface area contributed by atoms with E-state index < -0.39 is 22.8 Å². The Morgan fingerprint density at radius 2 is 1.92 bits per heavy atom. The Hall–Kier alpha value is -2.05. The Labute approximate surface area is 153 Å². The van der Waals surface area contributed by atoms with Crippen molar-refractivity contribution in [2.45, 2.75) is 30.1 Å². The molecule has 0 spiro atoms. The quantitative estimate of drug-likeness (QED) is 0.359. The number of hydrogen-bond acceptors (Lipinski definition) is 5. The first kappa shape index (κ1) is 17.8. The molecule has 0 aromatic heterocycles. The highest BCUT2D eigenvalue weighted by Gasteiger charge is 2.28. The zero-order valence-corrected chi connectivity index (χ0v) is 15.1. The van der Waals surface area contributed by atoms with Gasteiger partial charge in [-0.15, -0.1) is 0 Å². The Kier molecular flexibility index (Phi) is 5.60. The fraction of sp³-hybridized carbons (Fsp3) is 0.316. The molecule has 5 nitrogen and oxygen atoms in total. The van der Waals surface area contributed by atoms with Crippen molar-refractivity contribution in [3.63, 3.8) is 0 Å². The number of alkyl halides is 1. The number of Topliss-reactive ketones (excluding diaryl/α,β-unsaturated/α-hetero) is 1. The van der Waals surface area contributed by atoms with Crippen molar-refractivity contribution < 1.29 is 19.1 Å². The van der Waals surface area contributed by atoms with Crippen molar-refractivity contribution in [1.82, 2.24) is 5.32 Å². The lowest BCUT2D eigenvalue weighted by molar-refractivity contribution is -0.160. The van der Waals surface area contributed by atoms with Crippen LogP contribution in [0.5, 0.6) is 0 Å². The maximum absolute atomic E-state index is 12.5. The molecule has 2 atom stereocenters. The molecule has 1 heterocycles. The summed E-state index contributed by atoms with van der Waals surface area (Å²) >= 11 is 3.24. The van der Waals surface area contributed by atoms with E-state index in [1.54, 1.807) is 12.1 Å². The molecule has 2 aromatic rings. The molecule has 1 saturated heterocycles. The van der Waals surface area contributed by atoms with Gasteiger partial charge in [-0.3, -0.25) is 9.59 Å². The van der Waals surface area contributed by atoms with Crippen LogP contribution >= 0.6 is 15.9 Å². The highest BCUT2D eigenvalue weighted by atomic mass is 79.9. The molecule has 0 saturated carbocycles. The van der Waals surface area contributed by atoms with E-state index in [-0.39, 0.29) is 12.2 Å². The van der Waals surface area contributed by atoms with E-state index in [0.717, 1.165) is 23.7 Å². The van der Waals surface area contributed by atoms with Gasteiger partial charge in [0.25, 0.3) is 0 Å². The molecule has 6 heteroatoms. The zero-order valence-electron chi connectivity index (χ0n) is 13.5. The van der Waals surface area contributed by atoms with Crippen LogP contribution in [0.3, 0.4) is 0 Å². The molecule has 1 fully saturated rings. The fourth-order valence-electron chi connectivity index (χ4n) is 2.87. The van der Waals surface area contributed by atoms with E-state index >= 15 is 0 Å². The third-order valence-corrected chi connectivity index (χ3v) is 4.96. The average molecular weight is 404 g/mol. The summed E-state index contributed by atoms with van der Waals surface area (Å²) in [6.45, 7) is 0.746. The molecule has 0 radical (unpaired) electrons. The summed E-state index contributed by atoms with van der Waals surface area (Å²) in [5, 5.41) is 4.97. The molecule has 3 rings (SSSR count). The van der Waals surface area contributed by atoms with Crippen molar-refractivity contribution in [2.24, 2.45) is 0 Å². The summed E-state index contributed by atoms with van der Waals surface area (Å²) < 4.78 is 4.84. The van der Waals surface area contributed by atoms with Gasteiger partial charge in [0.05, 0.1) is 11.2 Å². The first-order valence-corrected chi connectivity index (χ1v) is 9.11. The summed E-state index contributed by atoms with van der Waals surface area (Å²) in [7, 11) is 0. The Morgan fingerprint density at radius 3 is 2.64 bits per heavy atom. The molecule has 0 bridgehead atoms. The number of ketones is 1. The van der Waals surface area contributed by atoms with Crippen LogP contribution in [0.25, 0.3) is 10.8 Å². The Morgan fingerprint density at radius 1 is 1.16 bits per heavy atom. The molecule has 0 amide bonds. The number of rotatable bonds is 5. The maximum Gasteiger partial charge on any atom is 0.330 e. The van der Waals surface area contributed by atoms with Crippen LogP contribution in [0.15, 0.2) is 42.5 Å². The normalized spacial score (nSPS) is 18.0. The standard InChI is InChI=1S/C19H18BrNO4/c20-15(11-17(22)25-19(24)16-6-3-9-21-16)18(23)14-8-7-12-4-1-2-5-13(12)10-14/h1-2,4-5,7-8,10,15-16,21H,3,6,9,11H2/t15?,16-/m0/s1. The predicted octanol–water partition coefficient (Wildman–Crippen LogP) is 3.00. The Bertz CT molecular complexity index is 814. The first-order chi connectivity index (χ1) is 12.0. The minimum Gasteiger partial charge on any atom is -0.392 e. The van der Waals surface area contributed by atoms with E-state index in [9.17, 15) is 14.4 Å². The van der Waals surface area contributed by atoms with Gasteiger partial charge in [-0.2, -0.15) is 0 Å². The zero-order chi connectivity index (χ0) is 17.8. The van der Waals surface area contributed by atoms with Gasteiger partial charge in [0.1, 0.15) is 6.04 Å². The van der Waals surface area contributed by atoms with Crippen LogP contribution in [-0.2, 0) is 14.3 Å². The molecule has 25 heavy (non-hydrogen) atoms. The van der Waals surface area contributed by atoms with Crippen molar-refractivity contribution in [2.75, 3.05) is 6.54 Å². The third-order valence-electron chi connectivity index (χ3n) is 4.22. The summed E-state index contributed by atoms with van der Waals surface area (Å²) in [6, 6.07) is 12.7. The summed E-state index contributed by atoms with van der Waals surface area (Å²) in [6.07, 6.45) is 1.36. The minimum absolute atomic E-state index is 0.190. The van der Waals surface area contributed by atoms with Gasteiger partial charge in [-0.05, 0) is 36.2 Å². The number of benzene rings is 2. The fourth-order valence-corrected chi connectivity index (χ4v) is 3.40. The third kappa shape index (κ3) is 4.32. The van der Waals surface area contributed by atoms with Gasteiger partial charge in [-0.25, -0.2) is 4.79 Å². The van der Waals surface area contributed by atoms with Gasteiger partial charge in [0.2, 0.25) is 0 Å². The van der Waals surface area contributed by atoms with Crippen LogP contribution in [-0.4, -0.2) is 35.1 Å². The minimum atomic E-state index is -0.731. The molecular formula is C19H18BrNO4. The van der Waals surface area contributed by atoms with Crippen LogP contribution in [0.1, 0.15) is 29.6 Å². The van der Waals surface area contributed by atoms with E-state index in [2.05, 4.69) is 21.2 Å². The van der Waals surface area contributed by atoms with E-state index in [1.807, 2.05) is 30.3 Å². The van der Waals surface area contributed by atoms with Crippen molar-refractivity contribution in [3.05, 3.63) is 48.0 Å². The van der Waals surface area contributed by atoms with E-state index in [0.29, 0.717) is 12.0 Å². The molecule has 1 N–H and O–H groups in total. The smallest absolute Gasteiger partial charge is 0.330 e. The monoisotopic (exact) mass is 403 g/mol. The second-order valence-corrected chi connectivity index (χ2v) is 7.15. The summed E-state index contributed by atoms with van der Waals surface area (Å²) in [4.78, 5) is 35.5. The van der Waals surface area contributed by atoms with Crippen molar-refractivity contribution >= 4 is 44.4 Å².